The molecule has 10 heteroatoms. The van der Waals surface area contributed by atoms with Crippen LogP contribution in [0.25, 0.3) is 11.1 Å². The highest BCUT2D eigenvalue weighted by atomic mass is 32.2. The maximum atomic E-state index is 14.7. The number of amides is 1. The van der Waals surface area contributed by atoms with Gasteiger partial charge >= 0.3 is 0 Å². The summed E-state index contributed by atoms with van der Waals surface area (Å²) in [5.74, 6) is -2.00. The number of aromatic nitrogens is 1. The van der Waals surface area contributed by atoms with Crippen molar-refractivity contribution in [1.82, 2.24) is 9.47 Å². The van der Waals surface area contributed by atoms with Gasteiger partial charge in [-0.2, -0.15) is 0 Å². The first kappa shape index (κ1) is 23.7. The van der Waals surface area contributed by atoms with Gasteiger partial charge in [-0.3, -0.25) is 9.59 Å². The molecule has 1 aromatic carbocycles. The molecule has 0 aliphatic carbocycles. The third-order valence-electron chi connectivity index (χ3n) is 5.11. The first-order valence-corrected chi connectivity index (χ1v) is 11.0. The Morgan fingerprint density at radius 1 is 1.30 bits per heavy atom. The highest BCUT2D eigenvalue weighted by Gasteiger charge is 2.48. The number of halogens is 1. The van der Waals surface area contributed by atoms with Gasteiger partial charge in [0, 0.05) is 30.6 Å². The van der Waals surface area contributed by atoms with E-state index in [1.807, 2.05) is 31.1 Å². The average Bonchev–Trinajstić information content (AvgIpc) is 2.62. The third kappa shape index (κ3) is 4.77. The average molecular weight is 440 g/mol. The number of aliphatic hydroxyl groups excluding tert-OH is 1. The molecule has 0 aliphatic heterocycles. The third-order valence-corrected chi connectivity index (χ3v) is 7.12. The van der Waals surface area contributed by atoms with Crippen LogP contribution < -0.4 is 11.3 Å². The Hall–Kier alpha value is -2.56. The van der Waals surface area contributed by atoms with Crippen LogP contribution in [0, 0.1) is 5.82 Å². The van der Waals surface area contributed by atoms with Crippen LogP contribution in [0.15, 0.2) is 41.3 Å². The van der Waals surface area contributed by atoms with Crippen molar-refractivity contribution in [3.8, 4) is 11.1 Å². The van der Waals surface area contributed by atoms with Gasteiger partial charge in [0.25, 0.3) is 5.56 Å². The Morgan fingerprint density at radius 2 is 1.87 bits per heavy atom. The van der Waals surface area contributed by atoms with Gasteiger partial charge in [0.2, 0.25) is 5.91 Å². The molecule has 8 nitrogen and oxygen atoms in total. The minimum absolute atomic E-state index is 0.0721. The number of benzene rings is 1. The second kappa shape index (κ2) is 8.66. The van der Waals surface area contributed by atoms with Crippen molar-refractivity contribution >= 4 is 15.7 Å². The van der Waals surface area contributed by atoms with Crippen LogP contribution in [0.3, 0.4) is 0 Å². The quantitative estimate of drug-likeness (QED) is 0.613. The van der Waals surface area contributed by atoms with Gasteiger partial charge < -0.3 is 20.3 Å². The van der Waals surface area contributed by atoms with E-state index in [1.54, 1.807) is 12.1 Å². The van der Waals surface area contributed by atoms with Crippen LogP contribution >= 0.6 is 0 Å². The van der Waals surface area contributed by atoms with E-state index >= 15 is 0 Å². The molecular formula is C20H26FN3O5S. The van der Waals surface area contributed by atoms with E-state index in [1.165, 1.54) is 0 Å². The van der Waals surface area contributed by atoms with Gasteiger partial charge in [0.05, 0.1) is 6.54 Å². The molecule has 1 aromatic heterocycles. The summed E-state index contributed by atoms with van der Waals surface area (Å²) in [5.41, 5.74) is 6.11. The van der Waals surface area contributed by atoms with Crippen LogP contribution in [0.4, 0.5) is 4.39 Å². The van der Waals surface area contributed by atoms with Gasteiger partial charge in [0.15, 0.2) is 14.6 Å². The highest BCUT2D eigenvalue weighted by Crippen LogP contribution is 2.24. The van der Waals surface area contributed by atoms with Crippen LogP contribution in [0.2, 0.25) is 0 Å². The van der Waals surface area contributed by atoms with Crippen molar-refractivity contribution in [2.45, 2.75) is 30.9 Å². The Balaban J connectivity index is 2.37. The molecule has 2 aromatic rings. The number of rotatable bonds is 8. The fourth-order valence-corrected chi connectivity index (χ4v) is 3.95. The van der Waals surface area contributed by atoms with Crippen molar-refractivity contribution < 1.29 is 22.7 Å². The molecule has 0 fully saturated rings. The molecule has 2 unspecified atom stereocenters. The molecule has 3 N–H and O–H groups in total. The van der Waals surface area contributed by atoms with E-state index in [-0.39, 0.29) is 5.56 Å². The lowest BCUT2D eigenvalue weighted by Crippen LogP contribution is -2.57. The molecule has 1 heterocycles. The molecule has 1 amide bonds. The van der Waals surface area contributed by atoms with Crippen molar-refractivity contribution in [2.75, 3.05) is 20.4 Å². The van der Waals surface area contributed by atoms with E-state index in [9.17, 15) is 27.5 Å². The summed E-state index contributed by atoms with van der Waals surface area (Å²) in [4.78, 5) is 26.2. The molecule has 164 valence electrons. The first-order valence-electron chi connectivity index (χ1n) is 9.09. The van der Waals surface area contributed by atoms with Crippen LogP contribution in [-0.4, -0.2) is 60.1 Å². The lowest BCUT2D eigenvalue weighted by Gasteiger charge is -2.29. The van der Waals surface area contributed by atoms with E-state index < -0.39 is 44.5 Å². The number of pyridine rings is 1. The van der Waals surface area contributed by atoms with E-state index in [0.29, 0.717) is 12.1 Å². The molecule has 0 spiro atoms. The number of carbonyl (C=O) groups excluding carboxylic acids is 1. The summed E-state index contributed by atoms with van der Waals surface area (Å²) in [7, 11) is -0.257. The molecule has 30 heavy (non-hydrogen) atoms. The fraction of sp³-hybridized carbons (Fsp3) is 0.400. The number of hydrogen-bond acceptors (Lipinski definition) is 6. The Kier molecular flexibility index (Phi) is 6.85. The minimum atomic E-state index is -4.11. The molecule has 2 rings (SSSR count). The van der Waals surface area contributed by atoms with Gasteiger partial charge in [-0.1, -0.05) is 24.3 Å². The summed E-state index contributed by atoms with van der Waals surface area (Å²) in [6.07, 6.45) is -0.218. The predicted molar refractivity (Wildman–Crippen MR) is 112 cm³/mol. The zero-order valence-corrected chi connectivity index (χ0v) is 18.1. The lowest BCUT2D eigenvalue weighted by atomic mass is 10.0. The number of nitrogens with two attached hydrogens (primary N) is 1. The normalized spacial score (nSPS) is 15.0. The topological polar surface area (TPSA) is 123 Å². The Bertz CT molecular complexity index is 1100. The van der Waals surface area contributed by atoms with Crippen LogP contribution in [0.5, 0.6) is 0 Å². The van der Waals surface area contributed by atoms with Gasteiger partial charge in [-0.25, -0.2) is 12.8 Å². The summed E-state index contributed by atoms with van der Waals surface area (Å²) in [5, 5.41) is 10.4. The minimum Gasteiger partial charge on any atom is -0.389 e. The maximum absolute atomic E-state index is 14.7. The van der Waals surface area contributed by atoms with E-state index in [0.717, 1.165) is 35.6 Å². The standard InChI is InChI=1S/C20H26FN3O5S/c1-20(19(22)27,30(4,28)29)17(25)12-24-11-16(21)15(9-18(24)26)14-7-5-13(6-8-14)10-23(2)3/h5-9,11,17,25H,10,12H2,1-4H3,(H2,22,27). The monoisotopic (exact) mass is 439 g/mol. The number of hydrogen-bond donors (Lipinski definition) is 2. The predicted octanol–water partition coefficient (Wildman–Crippen LogP) is 0.366. The Morgan fingerprint density at radius 3 is 2.33 bits per heavy atom. The van der Waals surface area contributed by atoms with Gasteiger partial charge in [-0.05, 0) is 32.1 Å². The summed E-state index contributed by atoms with van der Waals surface area (Å²) in [6.45, 7) is 1.06. The zero-order chi connectivity index (χ0) is 22.9. The van der Waals surface area contributed by atoms with Crippen LogP contribution in [0.1, 0.15) is 12.5 Å². The number of aliphatic hydroxyl groups is 1. The first-order chi connectivity index (χ1) is 13.8. The number of primary amides is 1. The van der Waals surface area contributed by atoms with Crippen molar-refractivity contribution in [1.29, 1.82) is 0 Å². The van der Waals surface area contributed by atoms with E-state index in [2.05, 4.69) is 0 Å². The number of carbonyl (C=O) groups is 1. The second-order valence-corrected chi connectivity index (χ2v) is 10.1. The molecule has 0 radical (unpaired) electrons. The van der Waals surface area contributed by atoms with Crippen LogP contribution in [-0.2, 0) is 27.7 Å². The summed E-state index contributed by atoms with van der Waals surface area (Å²) >= 11 is 0. The molecule has 0 aliphatic rings. The highest BCUT2D eigenvalue weighted by molar-refractivity contribution is 7.92. The smallest absolute Gasteiger partial charge is 0.251 e. The zero-order valence-electron chi connectivity index (χ0n) is 17.3. The number of nitrogens with zero attached hydrogens (tertiary/aromatic N) is 2. The van der Waals surface area contributed by atoms with Crippen molar-refractivity contribution in [3.05, 3.63) is 58.3 Å². The molecule has 0 saturated heterocycles. The molecule has 0 bridgehead atoms. The second-order valence-electron chi connectivity index (χ2n) is 7.72. The number of sulfone groups is 1. The van der Waals surface area contributed by atoms with E-state index in [4.69, 9.17) is 5.73 Å². The fourth-order valence-electron chi connectivity index (χ4n) is 3.02. The lowest BCUT2D eigenvalue weighted by molar-refractivity contribution is -0.123. The van der Waals surface area contributed by atoms with Crippen molar-refractivity contribution in [3.63, 3.8) is 0 Å². The molecule has 2 atom stereocenters. The molecular weight excluding hydrogens is 413 g/mol. The Labute approximate surface area is 174 Å². The molecule has 0 saturated carbocycles. The summed E-state index contributed by atoms with van der Waals surface area (Å²) < 4.78 is 37.2. The largest absolute Gasteiger partial charge is 0.389 e. The van der Waals surface area contributed by atoms with Gasteiger partial charge in [-0.15, -0.1) is 0 Å². The van der Waals surface area contributed by atoms with Gasteiger partial charge in [0.1, 0.15) is 11.9 Å². The summed E-state index contributed by atoms with van der Waals surface area (Å²) in [6, 6.07) is 8.11. The maximum Gasteiger partial charge on any atom is 0.251 e. The SMILES string of the molecule is CN(C)Cc1ccc(-c2cc(=O)n(CC(O)C(C)(C(N)=O)S(C)(=O)=O)cc2F)cc1. The van der Waals surface area contributed by atoms with Crippen molar-refractivity contribution in [2.24, 2.45) is 5.73 Å².